The van der Waals surface area contributed by atoms with E-state index in [9.17, 15) is 0 Å². The normalized spacial score (nSPS) is 20.1. The number of para-hydroxylation sites is 1. The molecule has 0 N–H and O–H groups in total. The molecule has 1 aromatic heterocycles. The topological polar surface area (TPSA) is 29.0 Å². The molecule has 88 valence electrons. The van der Waals surface area contributed by atoms with Gasteiger partial charge < -0.3 is 4.90 Å². The second-order valence-corrected chi connectivity index (χ2v) is 5.02. The van der Waals surface area contributed by atoms with Gasteiger partial charge in [0, 0.05) is 29.5 Å². The Hall–Kier alpha value is -1.16. The van der Waals surface area contributed by atoms with Gasteiger partial charge in [0.15, 0.2) is 0 Å². The molecule has 2 heterocycles. The van der Waals surface area contributed by atoms with Gasteiger partial charge in [-0.15, -0.1) is 0 Å². The summed E-state index contributed by atoms with van der Waals surface area (Å²) in [6.07, 6.45) is 4.37. The zero-order valence-electron chi connectivity index (χ0n) is 9.51. The zero-order chi connectivity index (χ0) is 11.7. The second kappa shape index (κ2) is 4.61. The molecule has 2 aromatic rings. The van der Waals surface area contributed by atoms with Crippen LogP contribution in [0.2, 0.25) is 0 Å². The van der Waals surface area contributed by atoms with Crippen molar-refractivity contribution >= 4 is 32.8 Å². The summed E-state index contributed by atoms with van der Waals surface area (Å²) < 4.78 is 0. The van der Waals surface area contributed by atoms with E-state index in [4.69, 9.17) is 0 Å². The number of benzene rings is 1. The van der Waals surface area contributed by atoms with E-state index >= 15 is 0 Å². The van der Waals surface area contributed by atoms with Crippen molar-refractivity contribution in [3.63, 3.8) is 0 Å². The Labute approximate surface area is 109 Å². The van der Waals surface area contributed by atoms with Crippen molar-refractivity contribution in [3.8, 4) is 0 Å². The number of nitrogens with zero attached hydrogens (tertiary/aromatic N) is 3. The van der Waals surface area contributed by atoms with E-state index in [2.05, 4.69) is 30.8 Å². The van der Waals surface area contributed by atoms with Gasteiger partial charge in [-0.25, -0.2) is 9.97 Å². The number of anilines is 1. The Morgan fingerprint density at radius 1 is 1.35 bits per heavy atom. The van der Waals surface area contributed by atoms with Gasteiger partial charge in [-0.3, -0.25) is 0 Å². The van der Waals surface area contributed by atoms with Crippen molar-refractivity contribution < 1.29 is 0 Å². The largest absolute Gasteiger partial charge is 0.337 e. The minimum atomic E-state index is 0.538. The number of hydrogen-bond donors (Lipinski definition) is 0. The highest BCUT2D eigenvalue weighted by molar-refractivity contribution is 9.09. The van der Waals surface area contributed by atoms with Gasteiger partial charge in [0.1, 0.15) is 0 Å². The van der Waals surface area contributed by atoms with E-state index < -0.39 is 0 Å². The van der Waals surface area contributed by atoms with Gasteiger partial charge >= 0.3 is 0 Å². The van der Waals surface area contributed by atoms with Crippen LogP contribution in [0.15, 0.2) is 30.5 Å². The summed E-state index contributed by atoms with van der Waals surface area (Å²) in [5.41, 5.74) is 1.03. The first-order valence-corrected chi connectivity index (χ1v) is 7.05. The van der Waals surface area contributed by atoms with E-state index in [1.165, 1.54) is 12.8 Å². The first-order valence-electron chi connectivity index (χ1n) is 5.93. The molecule has 0 radical (unpaired) electrons. The van der Waals surface area contributed by atoms with Crippen LogP contribution in [0.25, 0.3) is 10.9 Å². The third kappa shape index (κ3) is 2.02. The number of alkyl halides is 1. The van der Waals surface area contributed by atoms with Crippen LogP contribution in [0.3, 0.4) is 0 Å². The third-order valence-electron chi connectivity index (χ3n) is 3.29. The van der Waals surface area contributed by atoms with Gasteiger partial charge in [0.05, 0.1) is 5.52 Å². The SMILES string of the molecule is BrCC1CCCN1c1ncc2ccccc2n1. The highest BCUT2D eigenvalue weighted by Gasteiger charge is 2.25. The standard InChI is InChI=1S/C13H14BrN3/c14-8-11-5-3-7-17(11)13-15-9-10-4-1-2-6-12(10)16-13/h1-2,4,6,9,11H,3,5,7-8H2. The van der Waals surface area contributed by atoms with Crippen LogP contribution in [0.4, 0.5) is 5.95 Å². The molecule has 0 amide bonds. The third-order valence-corrected chi connectivity index (χ3v) is 4.04. The maximum absolute atomic E-state index is 4.65. The molecule has 3 nitrogen and oxygen atoms in total. The zero-order valence-corrected chi connectivity index (χ0v) is 11.1. The van der Waals surface area contributed by atoms with E-state index in [1.54, 1.807) is 0 Å². The van der Waals surface area contributed by atoms with Crippen LogP contribution < -0.4 is 4.90 Å². The van der Waals surface area contributed by atoms with Gasteiger partial charge in [-0.1, -0.05) is 34.1 Å². The van der Waals surface area contributed by atoms with Crippen molar-refractivity contribution in [1.82, 2.24) is 9.97 Å². The summed E-state index contributed by atoms with van der Waals surface area (Å²) >= 11 is 3.57. The van der Waals surface area contributed by atoms with Crippen LogP contribution in [-0.4, -0.2) is 27.9 Å². The molecule has 0 spiro atoms. The van der Waals surface area contributed by atoms with Crippen molar-refractivity contribution in [2.24, 2.45) is 0 Å². The molecule has 1 aliphatic heterocycles. The van der Waals surface area contributed by atoms with E-state index in [0.717, 1.165) is 28.7 Å². The van der Waals surface area contributed by atoms with Crippen molar-refractivity contribution in [1.29, 1.82) is 0 Å². The summed E-state index contributed by atoms with van der Waals surface area (Å²) in [5.74, 6) is 0.866. The average molecular weight is 292 g/mol. The first-order chi connectivity index (χ1) is 8.38. The van der Waals surface area contributed by atoms with Crippen molar-refractivity contribution in [2.75, 3.05) is 16.8 Å². The lowest BCUT2D eigenvalue weighted by molar-refractivity contribution is 0.732. The molecular formula is C13H14BrN3. The quantitative estimate of drug-likeness (QED) is 0.797. The fraction of sp³-hybridized carbons (Fsp3) is 0.385. The maximum Gasteiger partial charge on any atom is 0.226 e. The van der Waals surface area contributed by atoms with Crippen LogP contribution in [0, 0.1) is 0 Å². The molecule has 0 saturated carbocycles. The molecular weight excluding hydrogens is 278 g/mol. The first kappa shape index (κ1) is 11.0. The van der Waals surface area contributed by atoms with Crippen molar-refractivity contribution in [3.05, 3.63) is 30.5 Å². The Morgan fingerprint density at radius 3 is 3.12 bits per heavy atom. The summed E-state index contributed by atoms with van der Waals surface area (Å²) in [4.78, 5) is 11.4. The number of aromatic nitrogens is 2. The smallest absolute Gasteiger partial charge is 0.226 e. The summed E-state index contributed by atoms with van der Waals surface area (Å²) in [6.45, 7) is 1.06. The van der Waals surface area contributed by atoms with Crippen LogP contribution in [0.1, 0.15) is 12.8 Å². The summed E-state index contributed by atoms with van der Waals surface area (Å²) in [5, 5.41) is 2.09. The maximum atomic E-state index is 4.65. The lowest BCUT2D eigenvalue weighted by Gasteiger charge is -2.22. The average Bonchev–Trinajstić information content (AvgIpc) is 2.86. The number of fused-ring (bicyclic) bond motifs is 1. The fourth-order valence-electron chi connectivity index (χ4n) is 2.36. The predicted molar refractivity (Wildman–Crippen MR) is 73.7 cm³/mol. The van der Waals surface area contributed by atoms with Gasteiger partial charge in [0.25, 0.3) is 0 Å². The van der Waals surface area contributed by atoms with Crippen LogP contribution in [0.5, 0.6) is 0 Å². The predicted octanol–water partition coefficient (Wildman–Crippen LogP) is 2.99. The summed E-state index contributed by atoms with van der Waals surface area (Å²) in [6, 6.07) is 8.66. The molecule has 1 aromatic carbocycles. The Bertz CT molecular complexity index is 529. The van der Waals surface area contributed by atoms with E-state index in [0.29, 0.717) is 6.04 Å². The van der Waals surface area contributed by atoms with Crippen LogP contribution in [-0.2, 0) is 0 Å². The number of rotatable bonds is 2. The monoisotopic (exact) mass is 291 g/mol. The molecule has 1 fully saturated rings. The van der Waals surface area contributed by atoms with Gasteiger partial charge in [-0.2, -0.15) is 0 Å². The van der Waals surface area contributed by atoms with Gasteiger partial charge in [-0.05, 0) is 18.9 Å². The molecule has 4 heteroatoms. The van der Waals surface area contributed by atoms with Crippen molar-refractivity contribution in [2.45, 2.75) is 18.9 Å². The second-order valence-electron chi connectivity index (χ2n) is 4.37. The molecule has 1 atom stereocenters. The highest BCUT2D eigenvalue weighted by atomic mass is 79.9. The van der Waals surface area contributed by atoms with Gasteiger partial charge in [0.2, 0.25) is 5.95 Å². The lowest BCUT2D eigenvalue weighted by Crippen LogP contribution is -2.31. The minimum absolute atomic E-state index is 0.538. The number of hydrogen-bond acceptors (Lipinski definition) is 3. The lowest BCUT2D eigenvalue weighted by atomic mass is 10.2. The Kier molecular flexibility index (Phi) is 2.97. The minimum Gasteiger partial charge on any atom is -0.337 e. The Balaban J connectivity index is 2.00. The molecule has 1 aliphatic rings. The fourth-order valence-corrected chi connectivity index (χ4v) is 3.03. The molecule has 17 heavy (non-hydrogen) atoms. The number of halogens is 1. The Morgan fingerprint density at radius 2 is 2.24 bits per heavy atom. The van der Waals surface area contributed by atoms with E-state index in [1.807, 2.05) is 30.5 Å². The van der Waals surface area contributed by atoms with Crippen LogP contribution >= 0.6 is 15.9 Å². The molecule has 0 aliphatic carbocycles. The molecule has 1 unspecified atom stereocenters. The molecule has 1 saturated heterocycles. The molecule has 3 rings (SSSR count). The highest BCUT2D eigenvalue weighted by Crippen LogP contribution is 2.24. The molecule has 0 bridgehead atoms. The van der Waals surface area contributed by atoms with E-state index in [-0.39, 0.29) is 0 Å². The summed E-state index contributed by atoms with van der Waals surface area (Å²) in [7, 11) is 0.